The highest BCUT2D eigenvalue weighted by Crippen LogP contribution is 2.21. The van der Waals surface area contributed by atoms with Crippen molar-refractivity contribution >= 4 is 17.6 Å². The molecule has 1 amide bonds. The monoisotopic (exact) mass is 258 g/mol. The summed E-state index contributed by atoms with van der Waals surface area (Å²) in [5.41, 5.74) is 0.421. The first-order valence-corrected chi connectivity index (χ1v) is 5.35. The first kappa shape index (κ1) is 12.6. The summed E-state index contributed by atoms with van der Waals surface area (Å²) < 4.78 is 0. The molecule has 1 heterocycles. The second-order valence-electron chi connectivity index (χ2n) is 3.73. The predicted molar refractivity (Wildman–Crippen MR) is 67.3 cm³/mol. The average Bonchev–Trinajstić information content (AvgIpc) is 2.41. The van der Waals surface area contributed by atoms with Crippen molar-refractivity contribution in [2.24, 2.45) is 0 Å². The van der Waals surface area contributed by atoms with Crippen LogP contribution in [0.2, 0.25) is 0 Å². The second-order valence-corrected chi connectivity index (χ2v) is 3.73. The fourth-order valence-corrected chi connectivity index (χ4v) is 1.49. The quantitative estimate of drug-likeness (QED) is 0.728. The van der Waals surface area contributed by atoms with Crippen LogP contribution in [0, 0.1) is 0 Å². The number of aromatic nitrogens is 1. The Bertz CT molecular complexity index is 626. The molecule has 0 spiro atoms. The summed E-state index contributed by atoms with van der Waals surface area (Å²) in [6, 6.07) is 6.89. The summed E-state index contributed by atoms with van der Waals surface area (Å²) in [6.07, 6.45) is 2.96. The number of hydrogen-bond donors (Lipinski definition) is 3. The van der Waals surface area contributed by atoms with E-state index in [1.165, 1.54) is 42.7 Å². The summed E-state index contributed by atoms with van der Waals surface area (Å²) in [4.78, 5) is 26.5. The molecule has 2 aromatic rings. The van der Waals surface area contributed by atoms with Gasteiger partial charge in [0.2, 0.25) is 0 Å². The zero-order valence-electron chi connectivity index (χ0n) is 9.70. The molecule has 6 nitrogen and oxygen atoms in total. The van der Waals surface area contributed by atoms with Gasteiger partial charge in [0.1, 0.15) is 11.3 Å². The van der Waals surface area contributed by atoms with E-state index in [9.17, 15) is 14.7 Å². The van der Waals surface area contributed by atoms with Crippen LogP contribution < -0.4 is 5.32 Å². The molecule has 0 bridgehead atoms. The summed E-state index contributed by atoms with van der Waals surface area (Å²) in [7, 11) is 0. The van der Waals surface area contributed by atoms with Gasteiger partial charge >= 0.3 is 5.97 Å². The zero-order chi connectivity index (χ0) is 13.8. The van der Waals surface area contributed by atoms with Crippen molar-refractivity contribution in [1.29, 1.82) is 0 Å². The fraction of sp³-hybridized carbons (Fsp3) is 0. The molecule has 0 saturated heterocycles. The van der Waals surface area contributed by atoms with Crippen LogP contribution in [0.15, 0.2) is 42.7 Å². The Labute approximate surface area is 108 Å². The SMILES string of the molecule is O=C(Nc1ccc(O)c(C(=O)O)c1)c1ccncc1. The van der Waals surface area contributed by atoms with Crippen molar-refractivity contribution in [3.05, 3.63) is 53.9 Å². The molecule has 0 saturated carbocycles. The van der Waals surface area contributed by atoms with Crippen molar-refractivity contribution in [2.75, 3.05) is 5.32 Å². The van der Waals surface area contributed by atoms with Crippen LogP contribution >= 0.6 is 0 Å². The number of nitrogens with zero attached hydrogens (tertiary/aromatic N) is 1. The molecule has 2 rings (SSSR count). The van der Waals surface area contributed by atoms with E-state index < -0.39 is 5.97 Å². The van der Waals surface area contributed by atoms with E-state index in [-0.39, 0.29) is 22.9 Å². The molecule has 0 atom stereocenters. The zero-order valence-corrected chi connectivity index (χ0v) is 9.70. The molecule has 0 unspecified atom stereocenters. The van der Waals surface area contributed by atoms with Crippen LogP contribution in [0.25, 0.3) is 0 Å². The minimum atomic E-state index is -1.27. The molecule has 0 aliphatic carbocycles. The van der Waals surface area contributed by atoms with Crippen molar-refractivity contribution in [3.8, 4) is 5.75 Å². The number of pyridine rings is 1. The van der Waals surface area contributed by atoms with Crippen LogP contribution in [-0.4, -0.2) is 27.1 Å². The molecule has 1 aromatic carbocycles. The van der Waals surface area contributed by atoms with E-state index in [2.05, 4.69) is 10.3 Å². The van der Waals surface area contributed by atoms with E-state index >= 15 is 0 Å². The van der Waals surface area contributed by atoms with Gasteiger partial charge in [-0.1, -0.05) is 0 Å². The van der Waals surface area contributed by atoms with E-state index in [0.717, 1.165) is 0 Å². The van der Waals surface area contributed by atoms with Gasteiger partial charge in [0, 0.05) is 23.6 Å². The molecule has 3 N–H and O–H groups in total. The predicted octanol–water partition coefficient (Wildman–Crippen LogP) is 1.74. The first-order valence-electron chi connectivity index (χ1n) is 5.35. The molecule has 0 fully saturated rings. The van der Waals surface area contributed by atoms with Gasteiger partial charge in [-0.3, -0.25) is 9.78 Å². The summed E-state index contributed by atoms with van der Waals surface area (Å²) in [6.45, 7) is 0. The highest BCUT2D eigenvalue weighted by molar-refractivity contribution is 6.04. The Hall–Kier alpha value is -2.89. The van der Waals surface area contributed by atoms with Gasteiger partial charge in [-0.15, -0.1) is 0 Å². The third kappa shape index (κ3) is 2.86. The molecule has 19 heavy (non-hydrogen) atoms. The topological polar surface area (TPSA) is 99.5 Å². The van der Waals surface area contributed by atoms with E-state index in [1.807, 2.05) is 0 Å². The number of carbonyl (C=O) groups is 2. The Balaban J connectivity index is 2.23. The maximum Gasteiger partial charge on any atom is 0.339 e. The van der Waals surface area contributed by atoms with Crippen LogP contribution in [-0.2, 0) is 0 Å². The van der Waals surface area contributed by atoms with Gasteiger partial charge in [-0.2, -0.15) is 0 Å². The van der Waals surface area contributed by atoms with Crippen molar-refractivity contribution in [2.45, 2.75) is 0 Å². The number of aromatic hydroxyl groups is 1. The van der Waals surface area contributed by atoms with Crippen molar-refractivity contribution < 1.29 is 19.8 Å². The third-order valence-corrected chi connectivity index (χ3v) is 2.43. The van der Waals surface area contributed by atoms with Crippen molar-refractivity contribution in [3.63, 3.8) is 0 Å². The Morgan fingerprint density at radius 3 is 2.42 bits per heavy atom. The standard InChI is InChI=1S/C13H10N2O4/c16-11-2-1-9(7-10(11)13(18)19)15-12(17)8-3-5-14-6-4-8/h1-7,16H,(H,15,17)(H,18,19). The molecule has 6 heteroatoms. The van der Waals surface area contributed by atoms with Crippen LogP contribution in [0.1, 0.15) is 20.7 Å². The van der Waals surface area contributed by atoms with Crippen molar-refractivity contribution in [1.82, 2.24) is 4.98 Å². The third-order valence-electron chi connectivity index (χ3n) is 2.43. The highest BCUT2D eigenvalue weighted by atomic mass is 16.4. The normalized spacial score (nSPS) is 9.89. The Morgan fingerprint density at radius 1 is 1.11 bits per heavy atom. The van der Waals surface area contributed by atoms with Gasteiger partial charge in [0.25, 0.3) is 5.91 Å². The van der Waals surface area contributed by atoms with Gasteiger partial charge in [-0.25, -0.2) is 4.79 Å². The van der Waals surface area contributed by atoms with Gasteiger partial charge in [0.15, 0.2) is 0 Å². The van der Waals surface area contributed by atoms with E-state index in [1.54, 1.807) is 0 Å². The summed E-state index contributed by atoms with van der Waals surface area (Å²) in [5, 5.41) is 20.8. The molecular formula is C13H10N2O4. The number of aromatic carboxylic acids is 1. The molecule has 96 valence electrons. The fourth-order valence-electron chi connectivity index (χ4n) is 1.49. The van der Waals surface area contributed by atoms with Crippen LogP contribution in [0.4, 0.5) is 5.69 Å². The largest absolute Gasteiger partial charge is 0.507 e. The highest BCUT2D eigenvalue weighted by Gasteiger charge is 2.12. The molecule has 0 radical (unpaired) electrons. The minimum absolute atomic E-state index is 0.271. The Morgan fingerprint density at radius 2 is 1.79 bits per heavy atom. The molecule has 1 aromatic heterocycles. The molecule has 0 aliphatic heterocycles. The second kappa shape index (κ2) is 5.18. The number of benzene rings is 1. The lowest BCUT2D eigenvalue weighted by molar-refractivity contribution is 0.0693. The lowest BCUT2D eigenvalue weighted by atomic mass is 10.1. The number of anilines is 1. The molecular weight excluding hydrogens is 248 g/mol. The minimum Gasteiger partial charge on any atom is -0.507 e. The average molecular weight is 258 g/mol. The number of carboxylic acids is 1. The lowest BCUT2D eigenvalue weighted by Gasteiger charge is -2.07. The van der Waals surface area contributed by atoms with Gasteiger partial charge in [0.05, 0.1) is 0 Å². The maximum atomic E-state index is 11.8. The smallest absolute Gasteiger partial charge is 0.339 e. The number of nitrogens with one attached hydrogen (secondary N) is 1. The van der Waals surface area contributed by atoms with E-state index in [4.69, 9.17) is 5.11 Å². The number of phenols is 1. The van der Waals surface area contributed by atoms with Gasteiger partial charge in [-0.05, 0) is 30.3 Å². The summed E-state index contributed by atoms with van der Waals surface area (Å²) >= 11 is 0. The number of rotatable bonds is 3. The summed E-state index contributed by atoms with van der Waals surface area (Å²) in [5.74, 6) is -2.00. The van der Waals surface area contributed by atoms with Crippen LogP contribution in [0.5, 0.6) is 5.75 Å². The molecule has 0 aliphatic rings. The maximum absolute atomic E-state index is 11.8. The van der Waals surface area contributed by atoms with Gasteiger partial charge < -0.3 is 15.5 Å². The number of carbonyl (C=O) groups excluding carboxylic acids is 1. The number of amides is 1. The first-order chi connectivity index (χ1) is 9.08. The Kier molecular flexibility index (Phi) is 3.42. The van der Waals surface area contributed by atoms with E-state index in [0.29, 0.717) is 5.56 Å². The lowest BCUT2D eigenvalue weighted by Crippen LogP contribution is -2.12. The number of hydrogen-bond acceptors (Lipinski definition) is 4. The van der Waals surface area contributed by atoms with Crippen LogP contribution in [0.3, 0.4) is 0 Å². The number of carboxylic acid groups (broad SMARTS) is 1.